The number of hydrogen-bond donors (Lipinski definition) is 1. The summed E-state index contributed by atoms with van der Waals surface area (Å²) in [6.07, 6.45) is -5.25. The molecule has 0 aliphatic carbocycles. The van der Waals surface area contributed by atoms with Gasteiger partial charge in [0, 0.05) is 31.4 Å². The molecule has 0 radical (unpaired) electrons. The van der Waals surface area contributed by atoms with Gasteiger partial charge in [0.1, 0.15) is 0 Å². The Morgan fingerprint density at radius 1 is 1.35 bits per heavy atom. The SMILES string of the molecule is CCNc1ccc(C(=O)N(C)CCC(F)(F)F)cc1C. The van der Waals surface area contributed by atoms with Crippen LogP contribution in [-0.4, -0.2) is 37.1 Å². The van der Waals surface area contributed by atoms with Crippen molar-refractivity contribution in [2.24, 2.45) is 0 Å². The summed E-state index contributed by atoms with van der Waals surface area (Å²) in [7, 11) is 1.38. The van der Waals surface area contributed by atoms with E-state index in [2.05, 4.69) is 5.32 Å². The van der Waals surface area contributed by atoms with Gasteiger partial charge < -0.3 is 10.2 Å². The van der Waals surface area contributed by atoms with Crippen molar-refractivity contribution in [2.45, 2.75) is 26.4 Å². The van der Waals surface area contributed by atoms with Crippen LogP contribution in [0.1, 0.15) is 29.3 Å². The maximum Gasteiger partial charge on any atom is 0.390 e. The maximum absolute atomic E-state index is 12.1. The number of anilines is 1. The summed E-state index contributed by atoms with van der Waals surface area (Å²) in [4.78, 5) is 13.1. The maximum atomic E-state index is 12.1. The second-order valence-corrected chi connectivity index (χ2v) is 4.65. The van der Waals surface area contributed by atoms with Crippen LogP contribution in [0, 0.1) is 6.92 Å². The molecular formula is C14H19F3N2O. The molecule has 1 amide bonds. The molecule has 0 aliphatic rings. The van der Waals surface area contributed by atoms with E-state index in [0.29, 0.717) is 5.56 Å². The second kappa shape index (κ2) is 6.63. The highest BCUT2D eigenvalue weighted by Gasteiger charge is 2.28. The van der Waals surface area contributed by atoms with Crippen LogP contribution in [0.4, 0.5) is 18.9 Å². The van der Waals surface area contributed by atoms with Crippen LogP contribution in [0.3, 0.4) is 0 Å². The van der Waals surface area contributed by atoms with Crippen molar-refractivity contribution in [3.05, 3.63) is 29.3 Å². The molecule has 0 saturated heterocycles. The summed E-state index contributed by atoms with van der Waals surface area (Å²) in [6, 6.07) is 5.07. The molecule has 0 bridgehead atoms. The molecule has 0 atom stereocenters. The molecule has 1 rings (SSSR count). The van der Waals surface area contributed by atoms with Gasteiger partial charge in [0.15, 0.2) is 0 Å². The summed E-state index contributed by atoms with van der Waals surface area (Å²) in [5, 5.41) is 3.14. The predicted octanol–water partition coefficient (Wildman–Crippen LogP) is 3.45. The van der Waals surface area contributed by atoms with E-state index in [-0.39, 0.29) is 6.54 Å². The van der Waals surface area contributed by atoms with Crippen LogP contribution >= 0.6 is 0 Å². The van der Waals surface area contributed by atoms with E-state index < -0.39 is 18.5 Å². The summed E-state index contributed by atoms with van der Waals surface area (Å²) < 4.78 is 36.4. The Morgan fingerprint density at radius 3 is 2.50 bits per heavy atom. The minimum Gasteiger partial charge on any atom is -0.385 e. The lowest BCUT2D eigenvalue weighted by Gasteiger charge is -2.19. The topological polar surface area (TPSA) is 32.3 Å². The number of nitrogens with zero attached hydrogens (tertiary/aromatic N) is 1. The lowest BCUT2D eigenvalue weighted by molar-refractivity contribution is -0.136. The van der Waals surface area contributed by atoms with Crippen LogP contribution < -0.4 is 5.32 Å². The average molecular weight is 288 g/mol. The lowest BCUT2D eigenvalue weighted by Crippen LogP contribution is -2.30. The number of alkyl halides is 3. The second-order valence-electron chi connectivity index (χ2n) is 4.65. The Morgan fingerprint density at radius 2 is 2.00 bits per heavy atom. The Bertz CT molecular complexity index is 472. The number of carbonyl (C=O) groups excluding carboxylic acids is 1. The van der Waals surface area contributed by atoms with E-state index in [9.17, 15) is 18.0 Å². The molecular weight excluding hydrogens is 269 g/mol. The van der Waals surface area contributed by atoms with E-state index in [4.69, 9.17) is 0 Å². The van der Waals surface area contributed by atoms with Crippen LogP contribution in [-0.2, 0) is 0 Å². The molecule has 0 saturated carbocycles. The van der Waals surface area contributed by atoms with Crippen molar-refractivity contribution < 1.29 is 18.0 Å². The van der Waals surface area contributed by atoms with Crippen molar-refractivity contribution in [3.8, 4) is 0 Å². The minimum absolute atomic E-state index is 0.337. The number of nitrogens with one attached hydrogen (secondary N) is 1. The van der Waals surface area contributed by atoms with E-state index in [1.54, 1.807) is 18.2 Å². The van der Waals surface area contributed by atoms with Crippen LogP contribution in [0.5, 0.6) is 0 Å². The third-order valence-corrected chi connectivity index (χ3v) is 2.92. The van der Waals surface area contributed by atoms with Gasteiger partial charge in [0.05, 0.1) is 6.42 Å². The number of hydrogen-bond acceptors (Lipinski definition) is 2. The molecule has 1 aromatic carbocycles. The summed E-state index contributed by atoms with van der Waals surface area (Å²) in [5.41, 5.74) is 2.21. The Hall–Kier alpha value is -1.72. The first-order valence-corrected chi connectivity index (χ1v) is 6.41. The molecule has 0 aromatic heterocycles. The summed E-state index contributed by atoms with van der Waals surface area (Å²) >= 11 is 0. The van der Waals surface area contributed by atoms with Gasteiger partial charge in [-0.2, -0.15) is 13.2 Å². The monoisotopic (exact) mass is 288 g/mol. The molecule has 0 aliphatic heterocycles. The van der Waals surface area contributed by atoms with E-state index in [0.717, 1.165) is 22.7 Å². The zero-order valence-electron chi connectivity index (χ0n) is 11.8. The molecule has 20 heavy (non-hydrogen) atoms. The van der Waals surface area contributed by atoms with Gasteiger partial charge in [0.25, 0.3) is 5.91 Å². The average Bonchev–Trinajstić information content (AvgIpc) is 2.37. The van der Waals surface area contributed by atoms with Crippen LogP contribution in [0.2, 0.25) is 0 Å². The third kappa shape index (κ3) is 4.75. The first-order valence-electron chi connectivity index (χ1n) is 6.41. The molecule has 1 N–H and O–H groups in total. The fraction of sp³-hybridized carbons (Fsp3) is 0.500. The standard InChI is InChI=1S/C14H19F3N2O/c1-4-18-12-6-5-11(9-10(12)2)13(20)19(3)8-7-14(15,16)17/h5-6,9,18H,4,7-8H2,1-3H3. The van der Waals surface area contributed by atoms with Crippen molar-refractivity contribution >= 4 is 11.6 Å². The zero-order chi connectivity index (χ0) is 15.3. The molecule has 0 spiro atoms. The van der Waals surface area contributed by atoms with Gasteiger partial charge in [-0.1, -0.05) is 0 Å². The van der Waals surface area contributed by atoms with Crippen molar-refractivity contribution in [1.29, 1.82) is 0 Å². The fourth-order valence-corrected chi connectivity index (χ4v) is 1.80. The summed E-state index contributed by atoms with van der Waals surface area (Å²) in [5.74, 6) is -0.402. The minimum atomic E-state index is -4.25. The Labute approximate surface area is 116 Å². The molecule has 0 heterocycles. The first kappa shape index (κ1) is 16.3. The van der Waals surface area contributed by atoms with Gasteiger partial charge in [0.2, 0.25) is 0 Å². The largest absolute Gasteiger partial charge is 0.390 e. The van der Waals surface area contributed by atoms with Gasteiger partial charge in [-0.3, -0.25) is 4.79 Å². The number of aryl methyl sites for hydroxylation is 1. The molecule has 1 aromatic rings. The number of carbonyl (C=O) groups is 1. The molecule has 3 nitrogen and oxygen atoms in total. The van der Waals surface area contributed by atoms with Crippen molar-refractivity contribution in [2.75, 3.05) is 25.5 Å². The smallest absolute Gasteiger partial charge is 0.385 e. The first-order chi connectivity index (χ1) is 9.24. The quantitative estimate of drug-likeness (QED) is 0.900. The molecule has 112 valence electrons. The highest BCUT2D eigenvalue weighted by Crippen LogP contribution is 2.21. The lowest BCUT2D eigenvalue weighted by atomic mass is 10.1. The number of amides is 1. The van der Waals surface area contributed by atoms with Crippen molar-refractivity contribution in [3.63, 3.8) is 0 Å². The number of halogens is 3. The highest BCUT2D eigenvalue weighted by atomic mass is 19.4. The summed E-state index contributed by atoms with van der Waals surface area (Å²) in [6.45, 7) is 4.24. The van der Waals surface area contributed by atoms with E-state index >= 15 is 0 Å². The Balaban J connectivity index is 2.74. The van der Waals surface area contributed by atoms with Crippen LogP contribution in [0.15, 0.2) is 18.2 Å². The molecule has 0 fully saturated rings. The van der Waals surface area contributed by atoms with E-state index in [1.165, 1.54) is 7.05 Å². The zero-order valence-corrected chi connectivity index (χ0v) is 11.8. The predicted molar refractivity (Wildman–Crippen MR) is 73.0 cm³/mol. The number of rotatable bonds is 5. The van der Waals surface area contributed by atoms with Gasteiger partial charge >= 0.3 is 6.18 Å². The van der Waals surface area contributed by atoms with Gasteiger partial charge in [-0.15, -0.1) is 0 Å². The highest BCUT2D eigenvalue weighted by molar-refractivity contribution is 5.94. The number of benzene rings is 1. The van der Waals surface area contributed by atoms with Gasteiger partial charge in [-0.25, -0.2) is 0 Å². The fourth-order valence-electron chi connectivity index (χ4n) is 1.80. The molecule has 6 heteroatoms. The molecule has 0 unspecified atom stereocenters. The van der Waals surface area contributed by atoms with E-state index in [1.807, 2.05) is 13.8 Å². The van der Waals surface area contributed by atoms with Crippen molar-refractivity contribution in [1.82, 2.24) is 4.90 Å². The van der Waals surface area contributed by atoms with Crippen LogP contribution in [0.25, 0.3) is 0 Å². The third-order valence-electron chi connectivity index (χ3n) is 2.92. The normalized spacial score (nSPS) is 11.3. The Kier molecular flexibility index (Phi) is 5.42. The van der Waals surface area contributed by atoms with Gasteiger partial charge in [-0.05, 0) is 37.6 Å².